The second kappa shape index (κ2) is 6.95. The van der Waals surface area contributed by atoms with E-state index < -0.39 is 29.6 Å². The minimum Gasteiger partial charge on any atom is -0.464 e. The first-order chi connectivity index (χ1) is 9.36. The third-order valence-electron chi connectivity index (χ3n) is 2.59. The molecular weight excluding hydrogens is 270 g/mol. The summed E-state index contributed by atoms with van der Waals surface area (Å²) in [7, 11) is 1.41. The van der Waals surface area contributed by atoms with Crippen molar-refractivity contribution >= 4 is 11.9 Å². The number of ether oxygens (including phenoxy) is 1. The van der Waals surface area contributed by atoms with Gasteiger partial charge in [-0.2, -0.15) is 0 Å². The summed E-state index contributed by atoms with van der Waals surface area (Å²) >= 11 is 0. The quantitative estimate of drug-likeness (QED) is 0.642. The van der Waals surface area contributed by atoms with Crippen molar-refractivity contribution in [2.45, 2.75) is 19.5 Å². The van der Waals surface area contributed by atoms with Gasteiger partial charge in [-0.3, -0.25) is 4.79 Å². The number of carbonyl (C=O) groups is 2. The highest BCUT2D eigenvalue weighted by Crippen LogP contribution is 2.11. The minimum absolute atomic E-state index is 0.00311. The average Bonchev–Trinajstić information content (AvgIpc) is 2.41. The van der Waals surface area contributed by atoms with Gasteiger partial charge in [-0.1, -0.05) is 6.07 Å². The topological polar surface area (TPSA) is 72.6 Å². The molecule has 0 aliphatic carbocycles. The molecule has 0 radical (unpaired) electrons. The van der Waals surface area contributed by atoms with Crippen molar-refractivity contribution in [1.82, 2.24) is 4.90 Å². The standard InChI is InChI=1S/C13H16F2N2O3/c1-3-20-13(19)11(16)12(18)17(2)7-8-4-5-9(14)10(15)6-8/h4-6,11H,3,7,16H2,1-2H3. The van der Waals surface area contributed by atoms with Gasteiger partial charge in [0, 0.05) is 13.6 Å². The van der Waals surface area contributed by atoms with Crippen molar-refractivity contribution in [2.75, 3.05) is 13.7 Å². The SMILES string of the molecule is CCOC(=O)C(N)C(=O)N(C)Cc1ccc(F)c(F)c1. The maximum Gasteiger partial charge on any atom is 0.332 e. The summed E-state index contributed by atoms with van der Waals surface area (Å²) in [6.07, 6.45) is 0. The molecule has 1 atom stereocenters. The highest BCUT2D eigenvalue weighted by atomic mass is 19.2. The molecule has 1 amide bonds. The fourth-order valence-electron chi connectivity index (χ4n) is 1.56. The zero-order valence-corrected chi connectivity index (χ0v) is 11.2. The molecule has 7 heteroatoms. The molecular formula is C13H16F2N2O3. The van der Waals surface area contributed by atoms with Crippen LogP contribution in [0.1, 0.15) is 12.5 Å². The van der Waals surface area contributed by atoms with Gasteiger partial charge in [0.1, 0.15) is 0 Å². The molecule has 0 aliphatic rings. The average molecular weight is 286 g/mol. The Balaban J connectivity index is 2.70. The monoisotopic (exact) mass is 286 g/mol. The number of esters is 1. The summed E-state index contributed by atoms with van der Waals surface area (Å²) in [5, 5.41) is 0. The molecule has 1 unspecified atom stereocenters. The molecule has 0 bridgehead atoms. The van der Waals surface area contributed by atoms with E-state index in [-0.39, 0.29) is 13.2 Å². The Kier molecular flexibility index (Phi) is 5.57. The molecule has 1 aromatic carbocycles. The molecule has 0 aromatic heterocycles. The van der Waals surface area contributed by atoms with E-state index in [0.717, 1.165) is 17.0 Å². The Morgan fingerprint density at radius 2 is 2.00 bits per heavy atom. The van der Waals surface area contributed by atoms with Crippen molar-refractivity contribution in [3.05, 3.63) is 35.4 Å². The first kappa shape index (κ1) is 16.0. The molecule has 0 spiro atoms. The van der Waals surface area contributed by atoms with Gasteiger partial charge in [0.15, 0.2) is 17.7 Å². The zero-order valence-electron chi connectivity index (χ0n) is 11.2. The summed E-state index contributed by atoms with van der Waals surface area (Å²) in [6.45, 7) is 1.72. The van der Waals surface area contributed by atoms with E-state index in [9.17, 15) is 18.4 Å². The number of nitrogens with two attached hydrogens (primary N) is 1. The maximum absolute atomic E-state index is 13.0. The van der Waals surface area contributed by atoms with E-state index in [2.05, 4.69) is 4.74 Å². The zero-order chi connectivity index (χ0) is 15.3. The van der Waals surface area contributed by atoms with Gasteiger partial charge >= 0.3 is 5.97 Å². The number of likely N-dealkylation sites (N-methyl/N-ethyl adjacent to an activating group) is 1. The van der Waals surface area contributed by atoms with Gasteiger partial charge in [0.25, 0.3) is 5.91 Å². The molecule has 1 aromatic rings. The Hall–Kier alpha value is -2.02. The van der Waals surface area contributed by atoms with E-state index in [1.54, 1.807) is 6.92 Å². The van der Waals surface area contributed by atoms with Crippen LogP contribution < -0.4 is 5.73 Å². The molecule has 0 saturated carbocycles. The van der Waals surface area contributed by atoms with E-state index in [0.29, 0.717) is 5.56 Å². The lowest BCUT2D eigenvalue weighted by molar-refractivity contribution is -0.150. The number of rotatable bonds is 5. The Morgan fingerprint density at radius 1 is 1.35 bits per heavy atom. The Morgan fingerprint density at radius 3 is 2.55 bits per heavy atom. The first-order valence-electron chi connectivity index (χ1n) is 5.98. The van der Waals surface area contributed by atoms with E-state index in [1.165, 1.54) is 13.1 Å². The number of carbonyl (C=O) groups excluding carboxylic acids is 2. The van der Waals surface area contributed by atoms with E-state index in [1.807, 2.05) is 0 Å². The predicted molar refractivity (Wildman–Crippen MR) is 67.4 cm³/mol. The summed E-state index contributed by atoms with van der Waals surface area (Å²) in [6, 6.07) is 1.87. The minimum atomic E-state index is -1.43. The molecule has 0 heterocycles. The second-order valence-electron chi connectivity index (χ2n) is 4.17. The van der Waals surface area contributed by atoms with Gasteiger partial charge in [-0.05, 0) is 24.6 Å². The molecule has 2 N–H and O–H groups in total. The maximum atomic E-state index is 13.0. The number of hydrogen-bond acceptors (Lipinski definition) is 4. The second-order valence-corrected chi connectivity index (χ2v) is 4.17. The number of nitrogens with zero attached hydrogens (tertiary/aromatic N) is 1. The van der Waals surface area contributed by atoms with Crippen LogP contribution in [-0.4, -0.2) is 36.5 Å². The lowest BCUT2D eigenvalue weighted by atomic mass is 10.2. The fourth-order valence-corrected chi connectivity index (χ4v) is 1.56. The largest absolute Gasteiger partial charge is 0.464 e. The number of halogens is 2. The molecule has 0 fully saturated rings. The van der Waals surface area contributed by atoms with Gasteiger partial charge in [-0.15, -0.1) is 0 Å². The molecule has 1 rings (SSSR count). The van der Waals surface area contributed by atoms with Crippen LogP contribution in [0.5, 0.6) is 0 Å². The first-order valence-corrected chi connectivity index (χ1v) is 5.98. The lowest BCUT2D eigenvalue weighted by Gasteiger charge is -2.20. The van der Waals surface area contributed by atoms with Crippen LogP contribution in [0.25, 0.3) is 0 Å². The summed E-state index contributed by atoms with van der Waals surface area (Å²) in [4.78, 5) is 24.3. The van der Waals surface area contributed by atoms with Gasteiger partial charge < -0.3 is 15.4 Å². The highest BCUT2D eigenvalue weighted by molar-refractivity contribution is 6.01. The molecule has 20 heavy (non-hydrogen) atoms. The lowest BCUT2D eigenvalue weighted by Crippen LogP contribution is -2.47. The van der Waals surface area contributed by atoms with Crippen molar-refractivity contribution in [2.24, 2.45) is 5.73 Å². The highest BCUT2D eigenvalue weighted by Gasteiger charge is 2.26. The Labute approximate surface area is 115 Å². The van der Waals surface area contributed by atoms with E-state index in [4.69, 9.17) is 5.73 Å². The van der Waals surface area contributed by atoms with Gasteiger partial charge in [-0.25, -0.2) is 13.6 Å². The van der Waals surface area contributed by atoms with Crippen LogP contribution in [-0.2, 0) is 20.9 Å². The molecule has 110 valence electrons. The van der Waals surface area contributed by atoms with Crippen molar-refractivity contribution < 1.29 is 23.1 Å². The van der Waals surface area contributed by atoms with Crippen molar-refractivity contribution in [1.29, 1.82) is 0 Å². The smallest absolute Gasteiger partial charge is 0.332 e. The van der Waals surface area contributed by atoms with Gasteiger partial charge in [0.2, 0.25) is 0 Å². The van der Waals surface area contributed by atoms with Crippen LogP contribution in [0, 0.1) is 11.6 Å². The van der Waals surface area contributed by atoms with Crippen molar-refractivity contribution in [3.63, 3.8) is 0 Å². The molecule has 5 nitrogen and oxygen atoms in total. The number of amides is 1. The predicted octanol–water partition coefficient (Wildman–Crippen LogP) is 0.814. The Bertz CT molecular complexity index is 508. The van der Waals surface area contributed by atoms with Crippen LogP contribution >= 0.6 is 0 Å². The number of hydrogen-bond donors (Lipinski definition) is 1. The fraction of sp³-hybridized carbons (Fsp3) is 0.385. The van der Waals surface area contributed by atoms with Crippen LogP contribution in [0.2, 0.25) is 0 Å². The van der Waals surface area contributed by atoms with Crippen LogP contribution in [0.15, 0.2) is 18.2 Å². The third kappa shape index (κ3) is 3.99. The number of benzene rings is 1. The summed E-state index contributed by atoms with van der Waals surface area (Å²) < 4.78 is 30.5. The normalized spacial score (nSPS) is 11.8. The molecule has 0 saturated heterocycles. The van der Waals surface area contributed by atoms with E-state index >= 15 is 0 Å². The van der Waals surface area contributed by atoms with Crippen LogP contribution in [0.4, 0.5) is 8.78 Å². The molecule has 0 aliphatic heterocycles. The van der Waals surface area contributed by atoms with Crippen molar-refractivity contribution in [3.8, 4) is 0 Å². The van der Waals surface area contributed by atoms with Gasteiger partial charge in [0.05, 0.1) is 6.61 Å². The summed E-state index contributed by atoms with van der Waals surface area (Å²) in [5.41, 5.74) is 5.84. The third-order valence-corrected chi connectivity index (χ3v) is 2.59. The van der Waals surface area contributed by atoms with Crippen LogP contribution in [0.3, 0.4) is 0 Å². The summed E-state index contributed by atoms with van der Waals surface area (Å²) in [5.74, 6) is -3.45.